The number of hydrogen-bond acceptors (Lipinski definition) is 4. The standard InChI is InChI=1S/C9H9N3OS/c1-14-6-9(13)12-8-3-2-7(4-10)5-11-8/h2-3,5H,6H2,1H3,(H,11,12,13). The fraction of sp³-hybridized carbons (Fsp3) is 0.222. The third kappa shape index (κ3) is 3.07. The molecule has 0 aliphatic rings. The average molecular weight is 207 g/mol. The molecule has 0 bridgehead atoms. The molecule has 4 nitrogen and oxygen atoms in total. The molecule has 1 aromatic heterocycles. The van der Waals surface area contributed by atoms with Gasteiger partial charge in [0.25, 0.3) is 0 Å². The Labute approximate surface area is 86.3 Å². The molecular weight excluding hydrogens is 198 g/mol. The molecule has 0 radical (unpaired) electrons. The maximum Gasteiger partial charge on any atom is 0.235 e. The van der Waals surface area contributed by atoms with E-state index < -0.39 is 0 Å². The first-order valence-corrected chi connectivity index (χ1v) is 5.30. The van der Waals surface area contributed by atoms with E-state index in [0.29, 0.717) is 17.1 Å². The molecule has 0 spiro atoms. The number of nitrogens with one attached hydrogen (secondary N) is 1. The first-order chi connectivity index (χ1) is 6.76. The van der Waals surface area contributed by atoms with Crippen molar-refractivity contribution in [2.24, 2.45) is 0 Å². The fourth-order valence-electron chi connectivity index (χ4n) is 0.844. The highest BCUT2D eigenvalue weighted by Crippen LogP contribution is 2.04. The minimum Gasteiger partial charge on any atom is -0.310 e. The molecule has 14 heavy (non-hydrogen) atoms. The zero-order valence-corrected chi connectivity index (χ0v) is 8.47. The molecule has 0 atom stereocenters. The van der Waals surface area contributed by atoms with Crippen LogP contribution in [0.1, 0.15) is 5.56 Å². The van der Waals surface area contributed by atoms with Gasteiger partial charge in [-0.1, -0.05) is 0 Å². The third-order valence-electron chi connectivity index (χ3n) is 1.44. The van der Waals surface area contributed by atoms with E-state index in [9.17, 15) is 4.79 Å². The Morgan fingerprint density at radius 3 is 3.00 bits per heavy atom. The van der Waals surface area contributed by atoms with Crippen LogP contribution in [0.3, 0.4) is 0 Å². The molecule has 72 valence electrons. The highest BCUT2D eigenvalue weighted by Gasteiger charge is 2.01. The van der Waals surface area contributed by atoms with E-state index >= 15 is 0 Å². The van der Waals surface area contributed by atoms with E-state index in [1.54, 1.807) is 12.1 Å². The Hall–Kier alpha value is -1.54. The van der Waals surface area contributed by atoms with Crippen LogP contribution < -0.4 is 5.32 Å². The molecule has 0 fully saturated rings. The van der Waals surface area contributed by atoms with Crippen molar-refractivity contribution in [3.8, 4) is 6.07 Å². The monoisotopic (exact) mass is 207 g/mol. The van der Waals surface area contributed by atoms with Gasteiger partial charge in [-0.05, 0) is 18.4 Å². The van der Waals surface area contributed by atoms with Gasteiger partial charge in [-0.25, -0.2) is 4.98 Å². The number of rotatable bonds is 3. The van der Waals surface area contributed by atoms with E-state index in [4.69, 9.17) is 5.26 Å². The fourth-order valence-corrected chi connectivity index (χ4v) is 1.18. The predicted octanol–water partition coefficient (Wildman–Crippen LogP) is 1.25. The number of anilines is 1. The first-order valence-electron chi connectivity index (χ1n) is 3.91. The van der Waals surface area contributed by atoms with Gasteiger partial charge in [0.15, 0.2) is 0 Å². The Bertz CT molecular complexity index is 355. The summed E-state index contributed by atoms with van der Waals surface area (Å²) in [6.07, 6.45) is 3.28. The molecule has 1 N–H and O–H groups in total. The second-order valence-corrected chi connectivity index (χ2v) is 3.39. The van der Waals surface area contributed by atoms with Crippen LogP contribution in [0.5, 0.6) is 0 Å². The average Bonchev–Trinajstić information content (AvgIpc) is 2.19. The van der Waals surface area contributed by atoms with Crippen LogP contribution in [0.15, 0.2) is 18.3 Å². The van der Waals surface area contributed by atoms with Gasteiger partial charge in [-0.3, -0.25) is 4.79 Å². The number of amides is 1. The summed E-state index contributed by atoms with van der Waals surface area (Å²) in [6.45, 7) is 0. The predicted molar refractivity (Wildman–Crippen MR) is 56.0 cm³/mol. The Morgan fingerprint density at radius 1 is 1.71 bits per heavy atom. The summed E-state index contributed by atoms with van der Waals surface area (Å²) in [5.41, 5.74) is 0.480. The minimum atomic E-state index is -0.0882. The summed E-state index contributed by atoms with van der Waals surface area (Å²) in [5, 5.41) is 11.1. The highest BCUT2D eigenvalue weighted by molar-refractivity contribution is 7.99. The zero-order chi connectivity index (χ0) is 10.4. The summed E-state index contributed by atoms with van der Waals surface area (Å²) in [6, 6.07) is 5.17. The van der Waals surface area contributed by atoms with Crippen molar-refractivity contribution in [1.29, 1.82) is 5.26 Å². The van der Waals surface area contributed by atoms with Crippen LogP contribution in [-0.4, -0.2) is 22.9 Å². The Balaban J connectivity index is 2.61. The number of carbonyl (C=O) groups is 1. The molecule has 1 heterocycles. The number of hydrogen-bond donors (Lipinski definition) is 1. The smallest absolute Gasteiger partial charge is 0.235 e. The second kappa shape index (κ2) is 5.25. The van der Waals surface area contributed by atoms with Crippen molar-refractivity contribution in [3.05, 3.63) is 23.9 Å². The molecule has 0 saturated carbocycles. The highest BCUT2D eigenvalue weighted by atomic mass is 32.2. The minimum absolute atomic E-state index is 0.0882. The summed E-state index contributed by atoms with van der Waals surface area (Å²) in [5.74, 6) is 0.791. The maximum atomic E-state index is 11.1. The van der Waals surface area contributed by atoms with E-state index in [2.05, 4.69) is 10.3 Å². The summed E-state index contributed by atoms with van der Waals surface area (Å²) in [4.78, 5) is 15.0. The molecule has 5 heteroatoms. The molecule has 0 aliphatic carbocycles. The van der Waals surface area contributed by atoms with Crippen LogP contribution in [0.2, 0.25) is 0 Å². The number of pyridine rings is 1. The van der Waals surface area contributed by atoms with E-state index in [1.807, 2.05) is 12.3 Å². The maximum absolute atomic E-state index is 11.1. The van der Waals surface area contributed by atoms with Crippen LogP contribution >= 0.6 is 11.8 Å². The number of aromatic nitrogens is 1. The van der Waals surface area contributed by atoms with Gasteiger partial charge in [0, 0.05) is 6.20 Å². The molecule has 0 unspecified atom stereocenters. The molecule has 1 amide bonds. The molecule has 0 aromatic carbocycles. The van der Waals surface area contributed by atoms with Crippen molar-refractivity contribution in [2.45, 2.75) is 0 Å². The topological polar surface area (TPSA) is 65.8 Å². The van der Waals surface area contributed by atoms with Crippen molar-refractivity contribution in [3.63, 3.8) is 0 Å². The Kier molecular flexibility index (Phi) is 3.95. The van der Waals surface area contributed by atoms with Gasteiger partial charge in [0.05, 0.1) is 11.3 Å². The van der Waals surface area contributed by atoms with Crippen LogP contribution in [0.4, 0.5) is 5.82 Å². The van der Waals surface area contributed by atoms with E-state index in [1.165, 1.54) is 18.0 Å². The van der Waals surface area contributed by atoms with Gasteiger partial charge in [0.1, 0.15) is 11.9 Å². The van der Waals surface area contributed by atoms with Crippen LogP contribution in [-0.2, 0) is 4.79 Å². The molecule has 0 aliphatic heterocycles. The van der Waals surface area contributed by atoms with Crippen molar-refractivity contribution < 1.29 is 4.79 Å². The lowest BCUT2D eigenvalue weighted by Gasteiger charge is -2.01. The second-order valence-electron chi connectivity index (χ2n) is 2.53. The Morgan fingerprint density at radius 2 is 2.50 bits per heavy atom. The largest absolute Gasteiger partial charge is 0.310 e. The van der Waals surface area contributed by atoms with Crippen molar-refractivity contribution in [1.82, 2.24) is 4.98 Å². The number of nitriles is 1. The summed E-state index contributed by atoms with van der Waals surface area (Å²) in [7, 11) is 0. The van der Waals surface area contributed by atoms with Gasteiger partial charge >= 0.3 is 0 Å². The van der Waals surface area contributed by atoms with Crippen LogP contribution in [0, 0.1) is 11.3 Å². The lowest BCUT2D eigenvalue weighted by molar-refractivity contribution is -0.113. The lowest BCUT2D eigenvalue weighted by Crippen LogP contribution is -2.14. The molecular formula is C9H9N3OS. The summed E-state index contributed by atoms with van der Waals surface area (Å²) >= 11 is 1.44. The van der Waals surface area contributed by atoms with E-state index in [-0.39, 0.29) is 5.91 Å². The quantitative estimate of drug-likeness (QED) is 0.810. The number of carbonyl (C=O) groups excluding carboxylic acids is 1. The van der Waals surface area contributed by atoms with Gasteiger partial charge in [0.2, 0.25) is 5.91 Å². The number of thioether (sulfide) groups is 1. The molecule has 1 rings (SSSR count). The van der Waals surface area contributed by atoms with Crippen LogP contribution in [0.25, 0.3) is 0 Å². The third-order valence-corrected chi connectivity index (χ3v) is 1.99. The molecule has 1 aromatic rings. The van der Waals surface area contributed by atoms with Crippen molar-refractivity contribution in [2.75, 3.05) is 17.3 Å². The first kappa shape index (κ1) is 10.5. The lowest BCUT2D eigenvalue weighted by atomic mass is 10.3. The van der Waals surface area contributed by atoms with E-state index in [0.717, 1.165) is 0 Å². The van der Waals surface area contributed by atoms with Gasteiger partial charge in [-0.15, -0.1) is 0 Å². The normalized spacial score (nSPS) is 9.14. The van der Waals surface area contributed by atoms with Crippen molar-refractivity contribution >= 4 is 23.5 Å². The van der Waals surface area contributed by atoms with Gasteiger partial charge < -0.3 is 5.32 Å². The molecule has 0 saturated heterocycles. The SMILES string of the molecule is CSCC(=O)Nc1ccc(C#N)cn1. The summed E-state index contributed by atoms with van der Waals surface area (Å²) < 4.78 is 0. The number of nitrogens with zero attached hydrogens (tertiary/aromatic N) is 2. The van der Waals surface area contributed by atoms with Gasteiger partial charge in [-0.2, -0.15) is 17.0 Å². The zero-order valence-electron chi connectivity index (χ0n) is 7.65.